The van der Waals surface area contributed by atoms with Gasteiger partial charge >= 0.3 is 0 Å². The Labute approximate surface area is 117 Å². The molecule has 20 heavy (non-hydrogen) atoms. The van der Waals surface area contributed by atoms with E-state index in [1.165, 1.54) is 6.26 Å². The van der Waals surface area contributed by atoms with Crippen LogP contribution in [0.1, 0.15) is 27.5 Å². The van der Waals surface area contributed by atoms with Crippen molar-refractivity contribution in [3.05, 3.63) is 53.2 Å². The number of aryl methyl sites for hydroxylation is 1. The van der Waals surface area contributed by atoms with E-state index in [4.69, 9.17) is 10.3 Å². The molecule has 0 atom stereocenters. The molecule has 106 valence electrons. The summed E-state index contributed by atoms with van der Waals surface area (Å²) in [7, 11) is 1.97. The third-order valence-electron chi connectivity index (χ3n) is 2.85. The number of pyridine rings is 1. The monoisotopic (exact) mass is 274 g/mol. The Morgan fingerprint density at radius 3 is 2.95 bits per heavy atom. The molecular weight excluding hydrogens is 256 g/mol. The summed E-state index contributed by atoms with van der Waals surface area (Å²) >= 11 is 0. The highest BCUT2D eigenvalue weighted by molar-refractivity contribution is 5.93. The van der Waals surface area contributed by atoms with E-state index in [-0.39, 0.29) is 5.91 Å². The minimum absolute atomic E-state index is 0.358. The second-order valence-electron chi connectivity index (χ2n) is 4.72. The Bertz CT molecular complexity index is 594. The first-order valence-electron chi connectivity index (χ1n) is 6.28. The summed E-state index contributed by atoms with van der Waals surface area (Å²) < 4.78 is 5.34. The van der Waals surface area contributed by atoms with Crippen LogP contribution in [-0.2, 0) is 13.1 Å². The van der Waals surface area contributed by atoms with Crippen LogP contribution in [0.5, 0.6) is 0 Å². The highest BCUT2D eigenvalue weighted by Crippen LogP contribution is 2.11. The van der Waals surface area contributed by atoms with E-state index >= 15 is 0 Å². The Hall–Kier alpha value is -2.18. The first-order chi connectivity index (χ1) is 9.58. The predicted octanol–water partition coefficient (Wildman–Crippen LogP) is 1.22. The van der Waals surface area contributed by atoms with Crippen LogP contribution in [0.2, 0.25) is 0 Å². The van der Waals surface area contributed by atoms with Crippen LogP contribution in [0.25, 0.3) is 0 Å². The molecule has 0 saturated carbocycles. The number of nitrogens with two attached hydrogens (primary N) is 1. The van der Waals surface area contributed by atoms with Gasteiger partial charge in [0, 0.05) is 12.2 Å². The summed E-state index contributed by atoms with van der Waals surface area (Å²) in [6, 6.07) is 7.62. The average molecular weight is 274 g/mol. The number of hydrogen-bond acceptors (Lipinski definition) is 5. The molecule has 0 aliphatic rings. The van der Waals surface area contributed by atoms with Crippen molar-refractivity contribution in [3.8, 4) is 0 Å². The van der Waals surface area contributed by atoms with Gasteiger partial charge in [-0.25, -0.2) is 5.84 Å². The van der Waals surface area contributed by atoms with Crippen molar-refractivity contribution in [1.82, 2.24) is 15.3 Å². The number of carbonyl (C=O) groups excluding carboxylic acids is 1. The van der Waals surface area contributed by atoms with Crippen LogP contribution in [0.4, 0.5) is 0 Å². The minimum Gasteiger partial charge on any atom is -0.467 e. The average Bonchev–Trinajstić information content (AvgIpc) is 2.86. The van der Waals surface area contributed by atoms with E-state index in [2.05, 4.69) is 15.3 Å². The maximum absolute atomic E-state index is 11.3. The fraction of sp³-hybridized carbons (Fsp3) is 0.286. The van der Waals surface area contributed by atoms with Crippen molar-refractivity contribution in [2.45, 2.75) is 20.0 Å². The van der Waals surface area contributed by atoms with E-state index in [1.54, 1.807) is 6.07 Å². The first-order valence-corrected chi connectivity index (χ1v) is 6.28. The molecule has 2 heterocycles. The molecule has 0 bridgehead atoms. The van der Waals surface area contributed by atoms with Crippen LogP contribution < -0.4 is 11.3 Å². The topological polar surface area (TPSA) is 84.4 Å². The van der Waals surface area contributed by atoms with E-state index in [1.807, 2.05) is 32.2 Å². The highest BCUT2D eigenvalue weighted by Gasteiger charge is 2.10. The molecule has 0 radical (unpaired) electrons. The molecule has 6 nitrogen and oxygen atoms in total. The van der Waals surface area contributed by atoms with Crippen molar-refractivity contribution in [2.24, 2.45) is 5.84 Å². The minimum atomic E-state index is -0.358. The number of nitrogens with one attached hydrogen (secondary N) is 1. The quantitative estimate of drug-likeness (QED) is 0.486. The maximum Gasteiger partial charge on any atom is 0.268 e. The van der Waals surface area contributed by atoms with Gasteiger partial charge in [0.05, 0.1) is 17.8 Å². The fourth-order valence-electron chi connectivity index (χ4n) is 1.95. The molecule has 0 unspecified atom stereocenters. The highest BCUT2D eigenvalue weighted by atomic mass is 16.3. The number of nitrogen functional groups attached to an aromatic ring is 1. The van der Waals surface area contributed by atoms with Gasteiger partial charge in [0.15, 0.2) is 0 Å². The molecular formula is C14H18N4O2. The van der Waals surface area contributed by atoms with Crippen LogP contribution in [0, 0.1) is 6.92 Å². The zero-order valence-corrected chi connectivity index (χ0v) is 11.6. The number of hydrogen-bond donors (Lipinski definition) is 2. The van der Waals surface area contributed by atoms with Crippen LogP contribution in [0.15, 0.2) is 34.9 Å². The Morgan fingerprint density at radius 1 is 1.45 bits per heavy atom. The second kappa shape index (κ2) is 6.31. The number of carbonyl (C=O) groups is 1. The normalized spacial score (nSPS) is 10.8. The lowest BCUT2D eigenvalue weighted by Gasteiger charge is -2.14. The Morgan fingerprint density at radius 2 is 2.25 bits per heavy atom. The lowest BCUT2D eigenvalue weighted by atomic mass is 10.2. The molecule has 2 aromatic heterocycles. The van der Waals surface area contributed by atoms with Gasteiger partial charge in [-0.1, -0.05) is 6.07 Å². The molecule has 0 fully saturated rings. The van der Waals surface area contributed by atoms with Gasteiger partial charge in [0.25, 0.3) is 5.91 Å². The van der Waals surface area contributed by atoms with Crippen LogP contribution >= 0.6 is 0 Å². The van der Waals surface area contributed by atoms with Gasteiger partial charge in [-0.05, 0) is 32.2 Å². The molecule has 6 heteroatoms. The predicted molar refractivity (Wildman–Crippen MR) is 74.5 cm³/mol. The Kier molecular flexibility index (Phi) is 4.49. The molecule has 0 aromatic carbocycles. The van der Waals surface area contributed by atoms with E-state index < -0.39 is 0 Å². The molecule has 0 aliphatic carbocycles. The van der Waals surface area contributed by atoms with E-state index in [0.29, 0.717) is 24.4 Å². The molecule has 2 aromatic rings. The molecule has 1 amide bonds. The third-order valence-corrected chi connectivity index (χ3v) is 2.85. The second-order valence-corrected chi connectivity index (χ2v) is 4.72. The molecule has 0 spiro atoms. The van der Waals surface area contributed by atoms with Gasteiger partial charge in [-0.3, -0.25) is 20.1 Å². The number of furan rings is 1. The number of rotatable bonds is 5. The zero-order chi connectivity index (χ0) is 14.5. The Balaban J connectivity index is 1.96. The van der Waals surface area contributed by atoms with Crippen molar-refractivity contribution in [1.29, 1.82) is 0 Å². The van der Waals surface area contributed by atoms with Gasteiger partial charge in [-0.15, -0.1) is 0 Å². The summed E-state index contributed by atoms with van der Waals surface area (Å²) in [5.74, 6) is 5.42. The summed E-state index contributed by atoms with van der Waals surface area (Å²) in [4.78, 5) is 17.8. The summed E-state index contributed by atoms with van der Waals surface area (Å²) in [5.41, 5.74) is 4.49. The molecule has 3 N–H and O–H groups in total. The first kappa shape index (κ1) is 14.2. The molecule has 2 rings (SSSR count). The van der Waals surface area contributed by atoms with Crippen molar-refractivity contribution in [2.75, 3.05) is 7.05 Å². The van der Waals surface area contributed by atoms with Crippen LogP contribution in [0.3, 0.4) is 0 Å². The number of hydrazine groups is 1. The standard InChI is InChI=1S/C14H18N4O2/c1-10-4-3-5-12(16-10)7-18(2)8-13-6-11(9-20-13)14(19)17-15/h3-6,9H,7-8,15H2,1-2H3,(H,17,19). The van der Waals surface area contributed by atoms with Gasteiger partial charge in [0.2, 0.25) is 0 Å². The number of nitrogens with zero attached hydrogens (tertiary/aromatic N) is 2. The van der Waals surface area contributed by atoms with E-state index in [0.717, 1.165) is 11.4 Å². The molecule has 0 aliphatic heterocycles. The molecule has 0 saturated heterocycles. The maximum atomic E-state index is 11.3. The smallest absolute Gasteiger partial charge is 0.268 e. The third kappa shape index (κ3) is 3.66. The van der Waals surface area contributed by atoms with Gasteiger partial charge in [-0.2, -0.15) is 0 Å². The van der Waals surface area contributed by atoms with Gasteiger partial charge < -0.3 is 4.42 Å². The summed E-state index contributed by atoms with van der Waals surface area (Å²) in [6.07, 6.45) is 1.40. The lowest BCUT2D eigenvalue weighted by molar-refractivity contribution is 0.0953. The summed E-state index contributed by atoms with van der Waals surface area (Å²) in [6.45, 7) is 3.27. The van der Waals surface area contributed by atoms with Gasteiger partial charge in [0.1, 0.15) is 12.0 Å². The van der Waals surface area contributed by atoms with Crippen molar-refractivity contribution < 1.29 is 9.21 Å². The van der Waals surface area contributed by atoms with Crippen molar-refractivity contribution >= 4 is 5.91 Å². The largest absolute Gasteiger partial charge is 0.467 e. The number of aromatic nitrogens is 1. The fourth-order valence-corrected chi connectivity index (χ4v) is 1.95. The SMILES string of the molecule is Cc1cccc(CN(C)Cc2cc(C(=O)NN)co2)n1. The number of amides is 1. The van der Waals surface area contributed by atoms with Crippen molar-refractivity contribution in [3.63, 3.8) is 0 Å². The van der Waals surface area contributed by atoms with Crippen LogP contribution in [-0.4, -0.2) is 22.8 Å². The zero-order valence-electron chi connectivity index (χ0n) is 11.6. The lowest BCUT2D eigenvalue weighted by Crippen LogP contribution is -2.29. The van der Waals surface area contributed by atoms with E-state index in [9.17, 15) is 4.79 Å². The summed E-state index contributed by atoms with van der Waals surface area (Å²) in [5, 5.41) is 0.